The molecule has 2 aromatic rings. The van der Waals surface area contributed by atoms with Crippen LogP contribution in [0.2, 0.25) is 0 Å². The third kappa shape index (κ3) is 3.11. The lowest BCUT2D eigenvalue weighted by Gasteiger charge is -2.20. The van der Waals surface area contributed by atoms with Gasteiger partial charge in [-0.15, -0.1) is 0 Å². The van der Waals surface area contributed by atoms with Crippen molar-refractivity contribution in [3.8, 4) is 0 Å². The Hall–Kier alpha value is -1.80. The molecule has 0 aromatic heterocycles. The average molecular weight is 240 g/mol. The molecule has 2 N–H and O–H groups in total. The molecule has 0 unspecified atom stereocenters. The summed E-state index contributed by atoms with van der Waals surface area (Å²) in [6, 6.07) is 17.0. The SMILES string of the molecule is Cc1cccc(N(C)Cc2cccc(CN)c2)c1. The van der Waals surface area contributed by atoms with E-state index in [0.717, 1.165) is 6.54 Å². The Kier molecular flexibility index (Phi) is 4.00. The highest BCUT2D eigenvalue weighted by Crippen LogP contribution is 2.17. The number of rotatable bonds is 4. The quantitative estimate of drug-likeness (QED) is 0.889. The first kappa shape index (κ1) is 12.7. The summed E-state index contributed by atoms with van der Waals surface area (Å²) >= 11 is 0. The van der Waals surface area contributed by atoms with E-state index in [1.165, 1.54) is 22.4 Å². The van der Waals surface area contributed by atoms with Gasteiger partial charge in [0.25, 0.3) is 0 Å². The Balaban J connectivity index is 2.13. The largest absolute Gasteiger partial charge is 0.370 e. The number of nitrogens with zero attached hydrogens (tertiary/aromatic N) is 1. The zero-order chi connectivity index (χ0) is 13.0. The number of hydrogen-bond donors (Lipinski definition) is 1. The summed E-state index contributed by atoms with van der Waals surface area (Å²) in [6.45, 7) is 3.62. The van der Waals surface area contributed by atoms with Gasteiger partial charge in [0.2, 0.25) is 0 Å². The van der Waals surface area contributed by atoms with Crippen molar-refractivity contribution in [2.75, 3.05) is 11.9 Å². The number of nitrogens with two attached hydrogens (primary N) is 1. The number of aryl methyl sites for hydroxylation is 1. The van der Waals surface area contributed by atoms with Gasteiger partial charge in [0.15, 0.2) is 0 Å². The molecule has 2 rings (SSSR count). The molecule has 0 amide bonds. The Morgan fingerprint density at radius 1 is 1.00 bits per heavy atom. The van der Waals surface area contributed by atoms with Gasteiger partial charge in [-0.3, -0.25) is 0 Å². The molecular formula is C16H20N2. The molecule has 2 nitrogen and oxygen atoms in total. The van der Waals surface area contributed by atoms with Crippen molar-refractivity contribution < 1.29 is 0 Å². The van der Waals surface area contributed by atoms with Crippen LogP contribution in [0.15, 0.2) is 48.5 Å². The highest BCUT2D eigenvalue weighted by atomic mass is 15.1. The van der Waals surface area contributed by atoms with Gasteiger partial charge >= 0.3 is 0 Å². The number of benzene rings is 2. The molecule has 0 bridgehead atoms. The van der Waals surface area contributed by atoms with Gasteiger partial charge in [-0.05, 0) is 35.7 Å². The fraction of sp³-hybridized carbons (Fsp3) is 0.250. The maximum absolute atomic E-state index is 5.67. The third-order valence-electron chi connectivity index (χ3n) is 3.09. The van der Waals surface area contributed by atoms with Crippen LogP contribution in [0.25, 0.3) is 0 Å². The van der Waals surface area contributed by atoms with E-state index in [-0.39, 0.29) is 0 Å². The van der Waals surface area contributed by atoms with Crippen LogP contribution in [0.4, 0.5) is 5.69 Å². The lowest BCUT2D eigenvalue weighted by atomic mass is 10.1. The van der Waals surface area contributed by atoms with Gasteiger partial charge in [0.1, 0.15) is 0 Å². The van der Waals surface area contributed by atoms with E-state index in [2.05, 4.69) is 67.4 Å². The highest BCUT2D eigenvalue weighted by molar-refractivity contribution is 5.48. The normalized spacial score (nSPS) is 10.4. The Morgan fingerprint density at radius 3 is 2.44 bits per heavy atom. The first-order valence-corrected chi connectivity index (χ1v) is 6.25. The molecule has 0 saturated heterocycles. The minimum absolute atomic E-state index is 0.599. The van der Waals surface area contributed by atoms with Gasteiger partial charge in [-0.25, -0.2) is 0 Å². The zero-order valence-electron chi connectivity index (χ0n) is 11.1. The van der Waals surface area contributed by atoms with Gasteiger partial charge < -0.3 is 10.6 Å². The summed E-state index contributed by atoms with van der Waals surface area (Å²) in [6.07, 6.45) is 0. The second-order valence-electron chi connectivity index (χ2n) is 4.72. The molecule has 2 aromatic carbocycles. The molecule has 94 valence electrons. The zero-order valence-corrected chi connectivity index (χ0v) is 11.1. The van der Waals surface area contributed by atoms with Crippen LogP contribution in [0.3, 0.4) is 0 Å². The summed E-state index contributed by atoms with van der Waals surface area (Å²) in [7, 11) is 2.11. The molecular weight excluding hydrogens is 220 g/mol. The molecule has 2 heteroatoms. The lowest BCUT2D eigenvalue weighted by molar-refractivity contribution is 0.916. The van der Waals surface area contributed by atoms with E-state index in [1.54, 1.807) is 0 Å². The van der Waals surface area contributed by atoms with Crippen LogP contribution >= 0.6 is 0 Å². The standard InChI is InChI=1S/C16H20N2/c1-13-5-3-8-16(9-13)18(2)12-15-7-4-6-14(10-15)11-17/h3-10H,11-12,17H2,1-2H3. The molecule has 0 atom stereocenters. The maximum Gasteiger partial charge on any atom is 0.0426 e. The number of anilines is 1. The van der Waals surface area contributed by atoms with E-state index >= 15 is 0 Å². The molecule has 0 aliphatic heterocycles. The summed E-state index contributed by atoms with van der Waals surface area (Å²) in [5, 5.41) is 0. The fourth-order valence-electron chi connectivity index (χ4n) is 2.09. The summed E-state index contributed by atoms with van der Waals surface area (Å²) < 4.78 is 0. The van der Waals surface area contributed by atoms with Crippen LogP contribution in [0, 0.1) is 6.92 Å². The predicted molar refractivity (Wildman–Crippen MR) is 77.6 cm³/mol. The monoisotopic (exact) mass is 240 g/mol. The minimum Gasteiger partial charge on any atom is -0.370 e. The second kappa shape index (κ2) is 5.69. The Labute approximate surface area is 109 Å². The lowest BCUT2D eigenvalue weighted by Crippen LogP contribution is -2.16. The highest BCUT2D eigenvalue weighted by Gasteiger charge is 2.02. The smallest absolute Gasteiger partial charge is 0.0426 e. The first-order chi connectivity index (χ1) is 8.69. The van der Waals surface area contributed by atoms with Gasteiger partial charge in [-0.1, -0.05) is 36.4 Å². The van der Waals surface area contributed by atoms with Crippen LogP contribution in [-0.4, -0.2) is 7.05 Å². The van der Waals surface area contributed by atoms with Gasteiger partial charge in [0.05, 0.1) is 0 Å². The van der Waals surface area contributed by atoms with Crippen LogP contribution in [0.5, 0.6) is 0 Å². The van der Waals surface area contributed by atoms with Crippen molar-refractivity contribution >= 4 is 5.69 Å². The van der Waals surface area contributed by atoms with Crippen molar-refractivity contribution in [3.05, 3.63) is 65.2 Å². The third-order valence-corrected chi connectivity index (χ3v) is 3.09. The van der Waals surface area contributed by atoms with E-state index in [1.807, 2.05) is 0 Å². The summed E-state index contributed by atoms with van der Waals surface area (Å²) in [5.41, 5.74) is 10.7. The first-order valence-electron chi connectivity index (χ1n) is 6.25. The molecule has 0 radical (unpaired) electrons. The van der Waals surface area contributed by atoms with E-state index < -0.39 is 0 Å². The van der Waals surface area contributed by atoms with E-state index in [4.69, 9.17) is 5.73 Å². The average Bonchev–Trinajstić information content (AvgIpc) is 2.39. The molecule has 0 aliphatic rings. The maximum atomic E-state index is 5.67. The molecule has 0 fully saturated rings. The fourth-order valence-corrected chi connectivity index (χ4v) is 2.09. The minimum atomic E-state index is 0.599. The molecule has 0 saturated carbocycles. The van der Waals surface area contributed by atoms with Crippen LogP contribution in [-0.2, 0) is 13.1 Å². The van der Waals surface area contributed by atoms with Crippen molar-refractivity contribution in [1.29, 1.82) is 0 Å². The van der Waals surface area contributed by atoms with Gasteiger partial charge in [0, 0.05) is 25.8 Å². The van der Waals surface area contributed by atoms with E-state index in [0.29, 0.717) is 6.54 Å². The van der Waals surface area contributed by atoms with Crippen LogP contribution < -0.4 is 10.6 Å². The predicted octanol–water partition coefficient (Wildman–Crippen LogP) is 3.09. The van der Waals surface area contributed by atoms with E-state index in [9.17, 15) is 0 Å². The Bertz CT molecular complexity index is 520. The molecule has 0 spiro atoms. The summed E-state index contributed by atoms with van der Waals surface area (Å²) in [5.74, 6) is 0. The Morgan fingerprint density at radius 2 is 1.72 bits per heavy atom. The topological polar surface area (TPSA) is 29.3 Å². The van der Waals surface area contributed by atoms with Crippen molar-refractivity contribution in [2.45, 2.75) is 20.0 Å². The van der Waals surface area contributed by atoms with Gasteiger partial charge in [-0.2, -0.15) is 0 Å². The van der Waals surface area contributed by atoms with Crippen molar-refractivity contribution in [2.24, 2.45) is 5.73 Å². The van der Waals surface area contributed by atoms with Crippen molar-refractivity contribution in [1.82, 2.24) is 0 Å². The second-order valence-corrected chi connectivity index (χ2v) is 4.72. The van der Waals surface area contributed by atoms with Crippen LogP contribution in [0.1, 0.15) is 16.7 Å². The van der Waals surface area contributed by atoms with Crippen molar-refractivity contribution in [3.63, 3.8) is 0 Å². The molecule has 0 heterocycles. The molecule has 18 heavy (non-hydrogen) atoms. The number of hydrogen-bond acceptors (Lipinski definition) is 2. The molecule has 0 aliphatic carbocycles. The summed E-state index contributed by atoms with van der Waals surface area (Å²) in [4.78, 5) is 2.25.